The Labute approximate surface area is 69.3 Å². The van der Waals surface area contributed by atoms with Gasteiger partial charge in [-0.3, -0.25) is 4.31 Å². The Morgan fingerprint density at radius 3 is 2.60 bits per heavy atom. The van der Waals surface area contributed by atoms with Crippen LogP contribution in [0.4, 0.5) is 0 Å². The molecule has 0 bridgehead atoms. The summed E-state index contributed by atoms with van der Waals surface area (Å²) < 4.78 is 2.15. The zero-order valence-electron chi connectivity index (χ0n) is 6.88. The van der Waals surface area contributed by atoms with E-state index in [1.54, 1.807) is 0 Å². The Bertz CT molecular complexity index is 103. The molecule has 1 fully saturated rings. The largest absolute Gasteiger partial charge is 0.253 e. The lowest BCUT2D eigenvalue weighted by Crippen LogP contribution is -2.31. The molecule has 0 aromatic heterocycles. The van der Waals surface area contributed by atoms with Crippen molar-refractivity contribution in [2.45, 2.75) is 26.7 Å². The van der Waals surface area contributed by atoms with Crippen LogP contribution >= 0.6 is 12.8 Å². The highest BCUT2D eigenvalue weighted by Gasteiger charge is 2.19. The predicted molar refractivity (Wildman–Crippen MR) is 48.1 cm³/mol. The first-order valence-corrected chi connectivity index (χ1v) is 4.54. The summed E-state index contributed by atoms with van der Waals surface area (Å²) in [6.45, 7) is 6.96. The second kappa shape index (κ2) is 3.63. The Morgan fingerprint density at radius 1 is 1.50 bits per heavy atom. The van der Waals surface area contributed by atoms with Crippen molar-refractivity contribution >= 4 is 12.8 Å². The fourth-order valence-corrected chi connectivity index (χ4v) is 1.88. The van der Waals surface area contributed by atoms with Gasteiger partial charge in [-0.15, -0.1) is 0 Å². The molecule has 1 aliphatic rings. The van der Waals surface area contributed by atoms with Crippen LogP contribution in [0.5, 0.6) is 0 Å². The van der Waals surface area contributed by atoms with E-state index in [4.69, 9.17) is 0 Å². The summed E-state index contributed by atoms with van der Waals surface area (Å²) in [4.78, 5) is 0. The van der Waals surface area contributed by atoms with Crippen molar-refractivity contribution in [3.8, 4) is 0 Å². The summed E-state index contributed by atoms with van der Waals surface area (Å²) in [5, 5.41) is 0. The monoisotopic (exact) mass is 159 g/mol. The standard InChI is InChI=1S/C8H17NS/c1-7(2)8-4-3-5-9(10)6-8/h7-8,10H,3-6H2,1-2H3. The molecule has 1 aliphatic heterocycles. The second-order valence-corrected chi connectivity index (χ2v) is 4.12. The lowest BCUT2D eigenvalue weighted by molar-refractivity contribution is 0.233. The van der Waals surface area contributed by atoms with Crippen LogP contribution in [0.3, 0.4) is 0 Å². The van der Waals surface area contributed by atoms with Gasteiger partial charge in [0.2, 0.25) is 0 Å². The van der Waals surface area contributed by atoms with E-state index in [1.807, 2.05) is 0 Å². The number of nitrogens with zero attached hydrogens (tertiary/aromatic N) is 1. The highest BCUT2D eigenvalue weighted by atomic mass is 32.1. The topological polar surface area (TPSA) is 3.24 Å². The maximum Gasteiger partial charge on any atom is 0.0118 e. The van der Waals surface area contributed by atoms with E-state index >= 15 is 0 Å². The molecule has 60 valence electrons. The molecule has 1 atom stereocenters. The van der Waals surface area contributed by atoms with Crippen LogP contribution < -0.4 is 0 Å². The number of piperidine rings is 1. The van der Waals surface area contributed by atoms with Gasteiger partial charge in [0, 0.05) is 13.1 Å². The normalized spacial score (nSPS) is 29.4. The van der Waals surface area contributed by atoms with Gasteiger partial charge in [-0.25, -0.2) is 0 Å². The molecular formula is C8H17NS. The van der Waals surface area contributed by atoms with E-state index in [-0.39, 0.29) is 0 Å². The molecule has 1 unspecified atom stereocenters. The van der Waals surface area contributed by atoms with Gasteiger partial charge >= 0.3 is 0 Å². The van der Waals surface area contributed by atoms with Crippen LogP contribution in [-0.4, -0.2) is 17.4 Å². The van der Waals surface area contributed by atoms with Crippen molar-refractivity contribution in [3.63, 3.8) is 0 Å². The Hall–Kier alpha value is 0.310. The number of hydrogen-bond acceptors (Lipinski definition) is 2. The second-order valence-electron chi connectivity index (χ2n) is 3.56. The van der Waals surface area contributed by atoms with E-state index < -0.39 is 0 Å². The number of thiol groups is 1. The number of rotatable bonds is 1. The smallest absolute Gasteiger partial charge is 0.0118 e. The fraction of sp³-hybridized carbons (Fsp3) is 1.00. The third-order valence-electron chi connectivity index (χ3n) is 2.38. The van der Waals surface area contributed by atoms with Gasteiger partial charge in [-0.05, 0) is 24.7 Å². The molecule has 0 radical (unpaired) electrons. The average Bonchev–Trinajstić information content (AvgIpc) is 1.88. The summed E-state index contributed by atoms with van der Waals surface area (Å²) in [6, 6.07) is 0. The first-order valence-electron chi connectivity index (χ1n) is 4.14. The van der Waals surface area contributed by atoms with Crippen LogP contribution in [0.25, 0.3) is 0 Å². The SMILES string of the molecule is CC(C)C1CCCN(S)C1. The van der Waals surface area contributed by atoms with Crippen LogP contribution in [0.2, 0.25) is 0 Å². The molecule has 0 aliphatic carbocycles. The van der Waals surface area contributed by atoms with Crippen molar-refractivity contribution < 1.29 is 0 Å². The van der Waals surface area contributed by atoms with E-state index in [9.17, 15) is 0 Å². The molecule has 0 spiro atoms. The van der Waals surface area contributed by atoms with E-state index in [0.717, 1.165) is 11.8 Å². The van der Waals surface area contributed by atoms with Gasteiger partial charge in [0.05, 0.1) is 0 Å². The molecule has 0 aromatic carbocycles. The number of hydrogen-bond donors (Lipinski definition) is 1. The van der Waals surface area contributed by atoms with Crippen LogP contribution in [0.15, 0.2) is 0 Å². The highest BCUT2D eigenvalue weighted by Crippen LogP contribution is 2.23. The Morgan fingerprint density at radius 2 is 2.20 bits per heavy atom. The highest BCUT2D eigenvalue weighted by molar-refractivity contribution is 7.77. The lowest BCUT2D eigenvalue weighted by Gasteiger charge is -2.30. The summed E-state index contributed by atoms with van der Waals surface area (Å²) in [5.74, 6) is 1.71. The van der Waals surface area contributed by atoms with Gasteiger partial charge in [0.25, 0.3) is 0 Å². The van der Waals surface area contributed by atoms with Crippen molar-refractivity contribution in [1.82, 2.24) is 4.31 Å². The maximum atomic E-state index is 4.35. The van der Waals surface area contributed by atoms with E-state index in [2.05, 4.69) is 31.0 Å². The molecule has 10 heavy (non-hydrogen) atoms. The van der Waals surface area contributed by atoms with Crippen molar-refractivity contribution in [3.05, 3.63) is 0 Å². The molecule has 1 heterocycles. The molecule has 2 heteroatoms. The molecule has 1 rings (SSSR count). The molecular weight excluding hydrogens is 142 g/mol. The van der Waals surface area contributed by atoms with E-state index in [1.165, 1.54) is 25.9 Å². The Balaban J connectivity index is 2.32. The van der Waals surface area contributed by atoms with Gasteiger partial charge < -0.3 is 0 Å². The van der Waals surface area contributed by atoms with Gasteiger partial charge in [0.1, 0.15) is 0 Å². The molecule has 1 saturated heterocycles. The third kappa shape index (κ3) is 2.17. The van der Waals surface area contributed by atoms with Crippen LogP contribution in [0.1, 0.15) is 26.7 Å². The molecule has 0 saturated carbocycles. The average molecular weight is 159 g/mol. The lowest BCUT2D eigenvalue weighted by atomic mass is 9.89. The minimum Gasteiger partial charge on any atom is -0.253 e. The minimum atomic E-state index is 0.829. The molecule has 0 amide bonds. The first kappa shape index (κ1) is 8.41. The van der Waals surface area contributed by atoms with Gasteiger partial charge in [0.15, 0.2) is 0 Å². The summed E-state index contributed by atoms with van der Waals surface area (Å²) in [7, 11) is 0. The van der Waals surface area contributed by atoms with Gasteiger partial charge in [-0.1, -0.05) is 26.7 Å². The first-order chi connectivity index (χ1) is 4.70. The van der Waals surface area contributed by atoms with Crippen molar-refractivity contribution in [2.75, 3.05) is 13.1 Å². The zero-order chi connectivity index (χ0) is 7.56. The maximum absolute atomic E-state index is 4.35. The summed E-state index contributed by atoms with van der Waals surface area (Å²) in [5.41, 5.74) is 0. The quantitative estimate of drug-likeness (QED) is 0.574. The van der Waals surface area contributed by atoms with Crippen LogP contribution in [-0.2, 0) is 0 Å². The summed E-state index contributed by atoms with van der Waals surface area (Å²) in [6.07, 6.45) is 2.72. The zero-order valence-corrected chi connectivity index (χ0v) is 7.77. The van der Waals surface area contributed by atoms with Crippen LogP contribution in [0, 0.1) is 11.8 Å². The van der Waals surface area contributed by atoms with Crippen molar-refractivity contribution in [1.29, 1.82) is 0 Å². The van der Waals surface area contributed by atoms with Gasteiger partial charge in [-0.2, -0.15) is 0 Å². The van der Waals surface area contributed by atoms with E-state index in [0.29, 0.717) is 0 Å². The fourth-order valence-electron chi connectivity index (χ4n) is 1.53. The molecule has 0 N–H and O–H groups in total. The Kier molecular flexibility index (Phi) is 3.05. The molecule has 1 nitrogen and oxygen atoms in total. The third-order valence-corrected chi connectivity index (χ3v) is 2.74. The minimum absolute atomic E-state index is 0.829. The summed E-state index contributed by atoms with van der Waals surface area (Å²) >= 11 is 4.35. The predicted octanol–water partition coefficient (Wildman–Crippen LogP) is 2.20. The molecule has 0 aromatic rings. The van der Waals surface area contributed by atoms with Crippen molar-refractivity contribution in [2.24, 2.45) is 11.8 Å².